The number of fused-ring (bicyclic) bond motifs is 2. The van der Waals surface area contributed by atoms with E-state index in [0.29, 0.717) is 22.5 Å². The van der Waals surface area contributed by atoms with Crippen molar-refractivity contribution in [2.45, 2.75) is 37.4 Å². The van der Waals surface area contributed by atoms with Crippen molar-refractivity contribution in [3.63, 3.8) is 0 Å². The largest absolute Gasteiger partial charge is 0.410 e. The van der Waals surface area contributed by atoms with Crippen LogP contribution >= 0.6 is 0 Å². The summed E-state index contributed by atoms with van der Waals surface area (Å²) in [4.78, 5) is 19.4. The molecule has 10 heteroatoms. The summed E-state index contributed by atoms with van der Waals surface area (Å²) in [5.41, 5.74) is 1.85. The van der Waals surface area contributed by atoms with Crippen molar-refractivity contribution in [1.82, 2.24) is 24.5 Å². The molecule has 1 atom stereocenters. The number of hydrogen-bond acceptors (Lipinski definition) is 4. The zero-order chi connectivity index (χ0) is 19.6. The summed E-state index contributed by atoms with van der Waals surface area (Å²) in [6, 6.07) is 1.49. The van der Waals surface area contributed by atoms with E-state index in [9.17, 15) is 18.0 Å². The molecule has 1 aliphatic carbocycles. The van der Waals surface area contributed by atoms with Crippen LogP contribution in [0.4, 0.5) is 19.0 Å². The molecule has 0 spiro atoms. The highest BCUT2D eigenvalue weighted by Gasteiger charge is 2.46. The fourth-order valence-electron chi connectivity index (χ4n) is 3.80. The van der Waals surface area contributed by atoms with E-state index in [1.807, 2.05) is 0 Å². The van der Waals surface area contributed by atoms with Gasteiger partial charge in [-0.15, -0.1) is 0 Å². The number of halogens is 3. The average Bonchev–Trinajstić information content (AvgIpc) is 3.28. The Morgan fingerprint density at radius 1 is 1.21 bits per heavy atom. The minimum atomic E-state index is -4.41. The van der Waals surface area contributed by atoms with E-state index in [1.165, 1.54) is 17.2 Å². The van der Waals surface area contributed by atoms with Crippen molar-refractivity contribution in [3.8, 4) is 0 Å². The molecule has 7 nitrogen and oxygen atoms in total. The number of carbonyl (C=O) groups is 1. The van der Waals surface area contributed by atoms with Crippen molar-refractivity contribution >= 4 is 22.8 Å². The minimum Gasteiger partial charge on any atom is -0.293 e. The summed E-state index contributed by atoms with van der Waals surface area (Å²) >= 11 is 0. The number of anilines is 1. The predicted molar refractivity (Wildman–Crippen MR) is 94.1 cm³/mol. The summed E-state index contributed by atoms with van der Waals surface area (Å²) in [5, 5.41) is 8.63. The topological polar surface area (TPSA) is 68.8 Å². The molecule has 0 N–H and O–H groups in total. The first-order valence-corrected chi connectivity index (χ1v) is 9.09. The smallest absolute Gasteiger partial charge is 0.293 e. The second kappa shape index (κ2) is 5.79. The van der Waals surface area contributed by atoms with E-state index in [0.717, 1.165) is 23.2 Å². The SMILES string of the molecule is Cn1ncc2c(C(=O)N3CCC(C(F)(F)F)n4nccc43)cc(C3CC3)nc21. The van der Waals surface area contributed by atoms with Gasteiger partial charge in [-0.3, -0.25) is 14.4 Å². The number of nitrogens with zero attached hydrogens (tertiary/aromatic N) is 6. The lowest BCUT2D eigenvalue weighted by Gasteiger charge is -2.34. The lowest BCUT2D eigenvalue weighted by Crippen LogP contribution is -2.43. The molecule has 1 saturated carbocycles. The van der Waals surface area contributed by atoms with Gasteiger partial charge >= 0.3 is 6.18 Å². The van der Waals surface area contributed by atoms with Crippen LogP contribution in [0.25, 0.3) is 11.0 Å². The lowest BCUT2D eigenvalue weighted by molar-refractivity contribution is -0.172. The highest BCUT2D eigenvalue weighted by Crippen LogP contribution is 2.42. The second-order valence-corrected chi connectivity index (χ2v) is 7.31. The van der Waals surface area contributed by atoms with Gasteiger partial charge in [-0.05, 0) is 25.3 Å². The van der Waals surface area contributed by atoms with Crippen molar-refractivity contribution in [3.05, 3.63) is 35.8 Å². The Bertz CT molecular complexity index is 1080. The molecule has 5 rings (SSSR count). The molecule has 0 aromatic carbocycles. The molecule has 3 aromatic heterocycles. The molecular weight excluding hydrogens is 373 g/mol. The standard InChI is InChI=1S/C18H17F3N6O/c1-25-16-12(9-23-25)11(8-13(24-16)10-2-3-10)17(28)26-7-5-14(18(19,20)21)27-15(26)4-6-22-27/h4,6,8-10,14H,2-3,5,7H2,1H3. The molecule has 0 saturated heterocycles. The molecule has 0 radical (unpaired) electrons. The van der Waals surface area contributed by atoms with E-state index in [4.69, 9.17) is 0 Å². The van der Waals surface area contributed by atoms with Gasteiger partial charge in [0.05, 0.1) is 23.3 Å². The van der Waals surface area contributed by atoms with Gasteiger partial charge < -0.3 is 0 Å². The molecule has 146 valence electrons. The van der Waals surface area contributed by atoms with Crippen molar-refractivity contribution in [2.75, 3.05) is 11.4 Å². The van der Waals surface area contributed by atoms with Crippen LogP contribution in [0.5, 0.6) is 0 Å². The molecule has 1 fully saturated rings. The lowest BCUT2D eigenvalue weighted by atomic mass is 10.1. The zero-order valence-electron chi connectivity index (χ0n) is 15.0. The quantitative estimate of drug-likeness (QED) is 0.674. The summed E-state index contributed by atoms with van der Waals surface area (Å²) < 4.78 is 42.5. The Labute approximate surface area is 157 Å². The van der Waals surface area contributed by atoms with Crippen LogP contribution in [-0.4, -0.2) is 43.2 Å². The van der Waals surface area contributed by atoms with Crippen LogP contribution in [0.2, 0.25) is 0 Å². The predicted octanol–water partition coefficient (Wildman–Crippen LogP) is 3.20. The van der Waals surface area contributed by atoms with E-state index in [1.54, 1.807) is 24.0 Å². The Hall–Kier alpha value is -2.91. The molecule has 1 amide bonds. The summed E-state index contributed by atoms with van der Waals surface area (Å²) in [6.07, 6.45) is 0.262. The maximum absolute atomic E-state index is 13.4. The van der Waals surface area contributed by atoms with Crippen LogP contribution in [0.1, 0.15) is 47.3 Å². The van der Waals surface area contributed by atoms with Gasteiger partial charge in [0.25, 0.3) is 5.91 Å². The van der Waals surface area contributed by atoms with Gasteiger partial charge in [0.15, 0.2) is 11.7 Å². The normalized spacial score (nSPS) is 19.9. The van der Waals surface area contributed by atoms with Crippen molar-refractivity contribution in [1.29, 1.82) is 0 Å². The Morgan fingerprint density at radius 3 is 2.71 bits per heavy atom. The summed E-state index contributed by atoms with van der Waals surface area (Å²) in [6.45, 7) is -0.0302. The number of aryl methyl sites for hydroxylation is 1. The monoisotopic (exact) mass is 390 g/mol. The summed E-state index contributed by atoms with van der Waals surface area (Å²) in [7, 11) is 1.75. The number of rotatable bonds is 2. The first-order valence-electron chi connectivity index (χ1n) is 9.09. The number of carbonyl (C=O) groups excluding carboxylic acids is 1. The van der Waals surface area contributed by atoms with Crippen LogP contribution < -0.4 is 4.90 Å². The van der Waals surface area contributed by atoms with Crippen LogP contribution in [0.3, 0.4) is 0 Å². The molecule has 28 heavy (non-hydrogen) atoms. The molecule has 4 heterocycles. The Kier molecular flexibility index (Phi) is 3.56. The fraction of sp³-hybridized carbons (Fsp3) is 0.444. The number of hydrogen-bond donors (Lipinski definition) is 0. The van der Waals surface area contributed by atoms with Crippen LogP contribution in [0, 0.1) is 0 Å². The minimum absolute atomic E-state index is 0.0302. The highest BCUT2D eigenvalue weighted by atomic mass is 19.4. The second-order valence-electron chi connectivity index (χ2n) is 7.31. The van der Waals surface area contributed by atoms with Gasteiger partial charge in [0.2, 0.25) is 0 Å². The summed E-state index contributed by atoms with van der Waals surface area (Å²) in [5.74, 6) is 0.123. The number of amides is 1. The third-order valence-electron chi connectivity index (χ3n) is 5.42. The number of alkyl halides is 3. The van der Waals surface area contributed by atoms with Gasteiger partial charge in [-0.1, -0.05) is 0 Å². The zero-order valence-corrected chi connectivity index (χ0v) is 15.0. The van der Waals surface area contributed by atoms with E-state index in [2.05, 4.69) is 15.2 Å². The molecular formula is C18H17F3N6O. The molecule has 1 aliphatic heterocycles. The first kappa shape index (κ1) is 17.2. The van der Waals surface area contributed by atoms with Gasteiger partial charge in [0, 0.05) is 31.3 Å². The van der Waals surface area contributed by atoms with Gasteiger partial charge in [0.1, 0.15) is 5.82 Å². The van der Waals surface area contributed by atoms with E-state index < -0.39 is 12.2 Å². The molecule has 0 bridgehead atoms. The van der Waals surface area contributed by atoms with E-state index >= 15 is 0 Å². The maximum Gasteiger partial charge on any atom is 0.410 e. The fourth-order valence-corrected chi connectivity index (χ4v) is 3.80. The van der Waals surface area contributed by atoms with Crippen molar-refractivity contribution in [2.24, 2.45) is 7.05 Å². The Balaban J connectivity index is 1.59. The maximum atomic E-state index is 13.4. The van der Waals surface area contributed by atoms with E-state index in [-0.39, 0.29) is 24.7 Å². The molecule has 1 unspecified atom stereocenters. The third kappa shape index (κ3) is 2.58. The van der Waals surface area contributed by atoms with Crippen LogP contribution in [0.15, 0.2) is 24.5 Å². The average molecular weight is 390 g/mol. The Morgan fingerprint density at radius 2 is 2.00 bits per heavy atom. The van der Waals surface area contributed by atoms with Gasteiger partial charge in [-0.2, -0.15) is 23.4 Å². The van der Waals surface area contributed by atoms with Gasteiger partial charge in [-0.25, -0.2) is 9.67 Å². The first-order chi connectivity index (χ1) is 13.3. The molecule has 2 aliphatic rings. The molecule has 3 aromatic rings. The van der Waals surface area contributed by atoms with Crippen molar-refractivity contribution < 1.29 is 18.0 Å². The highest BCUT2D eigenvalue weighted by molar-refractivity contribution is 6.13. The van der Waals surface area contributed by atoms with Crippen LogP contribution in [-0.2, 0) is 7.05 Å². The third-order valence-corrected chi connectivity index (χ3v) is 5.42. The number of pyridine rings is 1. The number of aromatic nitrogens is 5.